The first kappa shape index (κ1) is 17.6. The minimum Gasteiger partial charge on any atom is -0.466 e. The second kappa shape index (κ2) is 7.51. The molecule has 0 bridgehead atoms. The third-order valence-corrected chi connectivity index (χ3v) is 2.95. The maximum absolute atomic E-state index is 12.2. The highest BCUT2D eigenvalue weighted by Crippen LogP contribution is 2.32. The topological polar surface area (TPSA) is 122 Å². The molecule has 0 aliphatic rings. The van der Waals surface area contributed by atoms with Crippen molar-refractivity contribution < 1.29 is 24.0 Å². The van der Waals surface area contributed by atoms with Crippen LogP contribution in [0.5, 0.6) is 0 Å². The van der Waals surface area contributed by atoms with Gasteiger partial charge in [0.05, 0.1) is 30.1 Å². The molecule has 0 unspecified atom stereocenters. The molecule has 1 aromatic rings. The lowest BCUT2D eigenvalue weighted by molar-refractivity contribution is -0.386. The molecule has 0 fully saturated rings. The van der Waals surface area contributed by atoms with Crippen molar-refractivity contribution in [3.8, 4) is 0 Å². The highest BCUT2D eigenvalue weighted by atomic mass is 16.6. The normalized spacial score (nSPS) is 13.0. The summed E-state index contributed by atoms with van der Waals surface area (Å²) in [5.41, 5.74) is 3.61. The average molecular weight is 310 g/mol. The molecule has 1 aromatic carbocycles. The van der Waals surface area contributed by atoms with Crippen LogP contribution in [0.1, 0.15) is 25.8 Å². The van der Waals surface area contributed by atoms with Crippen molar-refractivity contribution in [1.82, 2.24) is 0 Å². The van der Waals surface area contributed by atoms with Crippen molar-refractivity contribution >= 4 is 17.6 Å². The maximum atomic E-state index is 12.2. The third-order valence-electron chi connectivity index (χ3n) is 2.95. The number of para-hydroxylation sites is 1. The third kappa shape index (κ3) is 3.79. The minimum atomic E-state index is -1.98. The summed E-state index contributed by atoms with van der Waals surface area (Å²) in [4.78, 5) is 34.4. The first-order valence-corrected chi connectivity index (χ1v) is 6.72. The van der Waals surface area contributed by atoms with E-state index in [0.29, 0.717) is 0 Å². The van der Waals surface area contributed by atoms with Crippen molar-refractivity contribution in [2.45, 2.75) is 25.8 Å². The molecule has 8 nitrogen and oxygen atoms in total. The molecule has 1 atom stereocenters. The Morgan fingerprint density at radius 1 is 1.23 bits per heavy atom. The summed E-state index contributed by atoms with van der Waals surface area (Å²) in [6.45, 7) is 3.31. The molecule has 8 heteroatoms. The highest BCUT2D eigenvalue weighted by molar-refractivity contribution is 5.89. The molecular formula is C14H18N2O6. The van der Waals surface area contributed by atoms with Gasteiger partial charge in [0.25, 0.3) is 5.69 Å². The van der Waals surface area contributed by atoms with E-state index in [-0.39, 0.29) is 24.5 Å². The summed E-state index contributed by atoms with van der Waals surface area (Å²) in [5.74, 6) is -1.66. The number of rotatable bonds is 7. The van der Waals surface area contributed by atoms with Crippen molar-refractivity contribution in [2.24, 2.45) is 5.73 Å². The van der Waals surface area contributed by atoms with E-state index in [1.807, 2.05) is 0 Å². The van der Waals surface area contributed by atoms with Crippen LogP contribution in [-0.2, 0) is 24.6 Å². The molecule has 0 radical (unpaired) electrons. The van der Waals surface area contributed by atoms with E-state index in [4.69, 9.17) is 15.2 Å². The number of nitro groups is 1. The van der Waals surface area contributed by atoms with Gasteiger partial charge in [-0.25, -0.2) is 4.79 Å². The monoisotopic (exact) mass is 310 g/mol. The van der Waals surface area contributed by atoms with Crippen molar-refractivity contribution in [3.05, 3.63) is 39.9 Å². The second-order valence-electron chi connectivity index (χ2n) is 4.45. The van der Waals surface area contributed by atoms with Gasteiger partial charge in [0.15, 0.2) is 5.54 Å². The van der Waals surface area contributed by atoms with Gasteiger partial charge in [-0.2, -0.15) is 0 Å². The van der Waals surface area contributed by atoms with Crippen molar-refractivity contribution in [2.75, 3.05) is 13.2 Å². The smallest absolute Gasteiger partial charge is 0.331 e. The van der Waals surface area contributed by atoms with Crippen LogP contribution in [0.15, 0.2) is 24.3 Å². The summed E-state index contributed by atoms with van der Waals surface area (Å²) in [6.07, 6.45) is -0.551. The summed E-state index contributed by atoms with van der Waals surface area (Å²) in [7, 11) is 0. The zero-order valence-electron chi connectivity index (χ0n) is 12.4. The Morgan fingerprint density at radius 2 is 1.82 bits per heavy atom. The minimum absolute atomic E-state index is 0.0290. The van der Waals surface area contributed by atoms with E-state index >= 15 is 0 Å². The van der Waals surface area contributed by atoms with Crippen LogP contribution in [0.4, 0.5) is 5.69 Å². The molecule has 0 aliphatic carbocycles. The molecule has 1 rings (SSSR count). The van der Waals surface area contributed by atoms with Crippen LogP contribution >= 0.6 is 0 Å². The Morgan fingerprint density at radius 3 is 2.36 bits per heavy atom. The summed E-state index contributed by atoms with van der Waals surface area (Å²) in [6, 6.07) is 5.47. The molecule has 2 N–H and O–H groups in total. The van der Waals surface area contributed by atoms with Crippen LogP contribution in [0, 0.1) is 10.1 Å². The number of esters is 2. The fraction of sp³-hybridized carbons (Fsp3) is 0.429. The largest absolute Gasteiger partial charge is 0.466 e. The van der Waals surface area contributed by atoms with Gasteiger partial charge < -0.3 is 15.2 Å². The quantitative estimate of drug-likeness (QED) is 0.457. The molecule has 0 heterocycles. The van der Waals surface area contributed by atoms with E-state index < -0.39 is 28.8 Å². The van der Waals surface area contributed by atoms with Gasteiger partial charge in [-0.15, -0.1) is 0 Å². The number of carbonyl (C=O) groups is 2. The summed E-state index contributed by atoms with van der Waals surface area (Å²) < 4.78 is 9.67. The zero-order chi connectivity index (χ0) is 16.8. The number of ether oxygens (including phenoxy) is 2. The second-order valence-corrected chi connectivity index (χ2v) is 4.45. The van der Waals surface area contributed by atoms with Gasteiger partial charge in [0.1, 0.15) is 0 Å². The first-order valence-electron chi connectivity index (χ1n) is 6.72. The van der Waals surface area contributed by atoms with Gasteiger partial charge >= 0.3 is 11.9 Å². The zero-order valence-corrected chi connectivity index (χ0v) is 12.4. The lowest BCUT2D eigenvalue weighted by atomic mass is 9.86. The fourth-order valence-electron chi connectivity index (χ4n) is 1.99. The molecule has 0 aliphatic heterocycles. The molecule has 22 heavy (non-hydrogen) atoms. The molecule has 120 valence electrons. The SMILES string of the molecule is CCOC(=O)C[C@](N)(C(=O)OCC)c1ccccc1[N+](=O)[O-]. The first-order chi connectivity index (χ1) is 10.4. The van der Waals surface area contributed by atoms with E-state index in [2.05, 4.69) is 0 Å². The Bertz CT molecular complexity index is 574. The number of hydrogen-bond acceptors (Lipinski definition) is 7. The highest BCUT2D eigenvalue weighted by Gasteiger charge is 2.44. The molecule has 0 spiro atoms. The Kier molecular flexibility index (Phi) is 6.00. The standard InChI is InChI=1S/C14H18N2O6/c1-3-21-12(17)9-14(15,13(18)22-4-2)10-7-5-6-8-11(10)16(19)20/h5-8H,3-4,9,15H2,1-2H3/t14-/m1/s1. The van der Waals surface area contributed by atoms with Crippen LogP contribution in [-0.4, -0.2) is 30.1 Å². The lowest BCUT2D eigenvalue weighted by Gasteiger charge is -2.26. The lowest BCUT2D eigenvalue weighted by Crippen LogP contribution is -2.48. The molecule has 0 saturated heterocycles. The van der Waals surface area contributed by atoms with Gasteiger partial charge in [-0.3, -0.25) is 14.9 Å². The van der Waals surface area contributed by atoms with Crippen LogP contribution in [0.25, 0.3) is 0 Å². The Hall–Kier alpha value is -2.48. The molecule has 0 amide bonds. The molecular weight excluding hydrogens is 292 g/mol. The van der Waals surface area contributed by atoms with Gasteiger partial charge in [0.2, 0.25) is 0 Å². The Labute approximate surface area is 127 Å². The van der Waals surface area contributed by atoms with Crippen LogP contribution in [0.2, 0.25) is 0 Å². The van der Waals surface area contributed by atoms with E-state index in [1.165, 1.54) is 24.3 Å². The number of carbonyl (C=O) groups excluding carboxylic acids is 2. The fourth-order valence-corrected chi connectivity index (χ4v) is 1.99. The predicted octanol–water partition coefficient (Wildman–Crippen LogP) is 1.27. The molecule has 0 aromatic heterocycles. The van der Waals surface area contributed by atoms with Crippen LogP contribution < -0.4 is 5.73 Å². The van der Waals surface area contributed by atoms with Crippen LogP contribution in [0.3, 0.4) is 0 Å². The summed E-state index contributed by atoms with van der Waals surface area (Å²) >= 11 is 0. The number of benzene rings is 1. The Balaban J connectivity index is 3.34. The van der Waals surface area contributed by atoms with Crippen molar-refractivity contribution in [1.29, 1.82) is 0 Å². The van der Waals surface area contributed by atoms with E-state index in [9.17, 15) is 19.7 Å². The van der Waals surface area contributed by atoms with E-state index in [0.717, 1.165) is 0 Å². The van der Waals surface area contributed by atoms with Gasteiger partial charge in [0, 0.05) is 6.07 Å². The van der Waals surface area contributed by atoms with E-state index in [1.54, 1.807) is 13.8 Å². The summed E-state index contributed by atoms with van der Waals surface area (Å²) in [5, 5.41) is 11.1. The van der Waals surface area contributed by atoms with Gasteiger partial charge in [-0.1, -0.05) is 12.1 Å². The van der Waals surface area contributed by atoms with Gasteiger partial charge in [-0.05, 0) is 19.9 Å². The maximum Gasteiger partial charge on any atom is 0.331 e. The number of hydrogen-bond donors (Lipinski definition) is 1. The molecule has 0 saturated carbocycles. The number of nitro benzene ring substituents is 1. The number of nitrogens with two attached hydrogens (primary N) is 1. The van der Waals surface area contributed by atoms with Crippen molar-refractivity contribution in [3.63, 3.8) is 0 Å². The predicted molar refractivity (Wildman–Crippen MR) is 76.8 cm³/mol. The number of nitrogens with zero attached hydrogens (tertiary/aromatic N) is 1. The average Bonchev–Trinajstić information content (AvgIpc) is 2.47.